The summed E-state index contributed by atoms with van der Waals surface area (Å²) in [4.78, 5) is 13.0. The van der Waals surface area contributed by atoms with E-state index >= 15 is 0 Å². The van der Waals surface area contributed by atoms with E-state index in [4.69, 9.17) is 14.9 Å². The first-order valence-electron chi connectivity index (χ1n) is 9.33. The van der Waals surface area contributed by atoms with Crippen LogP contribution in [0.3, 0.4) is 0 Å². The summed E-state index contributed by atoms with van der Waals surface area (Å²) in [5.74, 6) is 0.260. The van der Waals surface area contributed by atoms with Crippen LogP contribution in [-0.2, 0) is 9.16 Å². The minimum Gasteiger partial charge on any atom is -0.411 e. The molecule has 3 rings (SSSR count). The lowest BCUT2D eigenvalue weighted by molar-refractivity contribution is -0.0161. The van der Waals surface area contributed by atoms with Gasteiger partial charge in [-0.2, -0.15) is 4.98 Å². The van der Waals surface area contributed by atoms with Crippen molar-refractivity contribution in [1.29, 1.82) is 0 Å². The van der Waals surface area contributed by atoms with Crippen molar-refractivity contribution in [2.45, 2.75) is 84.0 Å². The monoisotopic (exact) mass is 377 g/mol. The van der Waals surface area contributed by atoms with Crippen LogP contribution in [0.2, 0.25) is 18.1 Å². The van der Waals surface area contributed by atoms with Crippen molar-refractivity contribution in [1.82, 2.24) is 19.5 Å². The molecule has 0 spiro atoms. The predicted octanol–water partition coefficient (Wildman–Crippen LogP) is 3.80. The molecule has 26 heavy (non-hydrogen) atoms. The van der Waals surface area contributed by atoms with Crippen molar-refractivity contribution in [3.05, 3.63) is 12.0 Å². The molecule has 0 aliphatic carbocycles. The molecule has 7 nitrogen and oxygen atoms in total. The molecule has 3 heterocycles. The zero-order valence-corrected chi connectivity index (χ0v) is 17.9. The molecule has 1 unspecified atom stereocenters. The maximum Gasteiger partial charge on any atom is 0.222 e. The predicted molar refractivity (Wildman–Crippen MR) is 105 cm³/mol. The maximum absolute atomic E-state index is 6.68. The van der Waals surface area contributed by atoms with Crippen LogP contribution in [0.4, 0.5) is 5.95 Å². The fourth-order valence-electron chi connectivity index (χ4n) is 3.20. The Morgan fingerprint density at radius 1 is 1.35 bits per heavy atom. The van der Waals surface area contributed by atoms with Gasteiger partial charge in [-0.15, -0.1) is 0 Å². The molecule has 8 heteroatoms. The van der Waals surface area contributed by atoms with Crippen LogP contribution in [0.5, 0.6) is 0 Å². The van der Waals surface area contributed by atoms with E-state index in [1.54, 1.807) is 6.33 Å². The minimum atomic E-state index is -1.86. The highest BCUT2D eigenvalue weighted by atomic mass is 28.4. The zero-order valence-electron chi connectivity index (χ0n) is 16.9. The van der Waals surface area contributed by atoms with Crippen LogP contribution in [0.15, 0.2) is 6.33 Å². The molecule has 0 saturated carbocycles. The van der Waals surface area contributed by atoms with Gasteiger partial charge in [0.15, 0.2) is 14.0 Å². The lowest BCUT2D eigenvalue weighted by Gasteiger charge is -2.39. The van der Waals surface area contributed by atoms with Gasteiger partial charge in [0.05, 0.1) is 24.2 Å². The summed E-state index contributed by atoms with van der Waals surface area (Å²) >= 11 is 0. The van der Waals surface area contributed by atoms with E-state index in [2.05, 4.69) is 55.7 Å². The molecule has 1 aliphatic rings. The van der Waals surface area contributed by atoms with Crippen molar-refractivity contribution in [2.75, 3.05) is 5.73 Å². The Kier molecular flexibility index (Phi) is 4.87. The van der Waals surface area contributed by atoms with Crippen LogP contribution in [0.1, 0.15) is 52.5 Å². The van der Waals surface area contributed by atoms with Crippen molar-refractivity contribution in [3.8, 4) is 0 Å². The number of aryl methyl sites for hydroxylation is 1. The van der Waals surface area contributed by atoms with Crippen LogP contribution in [0, 0.1) is 6.92 Å². The summed E-state index contributed by atoms with van der Waals surface area (Å²) < 4.78 is 15.0. The van der Waals surface area contributed by atoms with Crippen LogP contribution < -0.4 is 5.73 Å². The number of hydrogen-bond acceptors (Lipinski definition) is 6. The number of rotatable bonds is 4. The number of imidazole rings is 1. The highest BCUT2D eigenvalue weighted by Crippen LogP contribution is 2.42. The van der Waals surface area contributed by atoms with E-state index in [9.17, 15) is 0 Å². The highest BCUT2D eigenvalue weighted by molar-refractivity contribution is 6.74. The van der Waals surface area contributed by atoms with Gasteiger partial charge in [0, 0.05) is 6.42 Å². The maximum atomic E-state index is 6.68. The van der Waals surface area contributed by atoms with Gasteiger partial charge < -0.3 is 14.9 Å². The van der Waals surface area contributed by atoms with Gasteiger partial charge in [-0.25, -0.2) is 9.97 Å². The number of nitrogen functional groups attached to an aromatic ring is 1. The van der Waals surface area contributed by atoms with Crippen LogP contribution in [0.25, 0.3) is 11.2 Å². The number of nitrogens with zero attached hydrogens (tertiary/aromatic N) is 4. The second kappa shape index (κ2) is 6.58. The largest absolute Gasteiger partial charge is 0.411 e. The van der Waals surface area contributed by atoms with Gasteiger partial charge in [0.1, 0.15) is 11.7 Å². The Balaban J connectivity index is 1.88. The highest BCUT2D eigenvalue weighted by Gasteiger charge is 2.44. The van der Waals surface area contributed by atoms with E-state index in [1.807, 2.05) is 11.5 Å². The van der Waals surface area contributed by atoms with E-state index in [1.165, 1.54) is 0 Å². The smallest absolute Gasteiger partial charge is 0.222 e. The van der Waals surface area contributed by atoms with Gasteiger partial charge >= 0.3 is 0 Å². The Labute approximate surface area is 156 Å². The summed E-state index contributed by atoms with van der Waals surface area (Å²) in [5.41, 5.74) is 8.12. The molecule has 2 aromatic rings. The molecule has 1 fully saturated rings. The van der Waals surface area contributed by atoms with E-state index < -0.39 is 8.32 Å². The SMILES string of the molecule is CC[C@H]1O[C@@H](n2cnc3c(C)nc(N)nc32)CC1O[Si](C)(C)C(C)(C)C. The fraction of sp³-hybridized carbons (Fsp3) is 0.722. The van der Waals surface area contributed by atoms with Crippen LogP contribution >= 0.6 is 0 Å². The van der Waals surface area contributed by atoms with Crippen molar-refractivity contribution >= 4 is 25.4 Å². The third kappa shape index (κ3) is 3.37. The molecule has 3 atom stereocenters. The number of hydrogen-bond donors (Lipinski definition) is 1. The van der Waals surface area contributed by atoms with E-state index in [-0.39, 0.29) is 29.4 Å². The lowest BCUT2D eigenvalue weighted by Crippen LogP contribution is -2.45. The van der Waals surface area contributed by atoms with E-state index in [0.717, 1.165) is 29.7 Å². The molecule has 1 saturated heterocycles. The number of fused-ring (bicyclic) bond motifs is 1. The normalized spacial score (nSPS) is 24.5. The Bertz CT molecular complexity index is 799. The van der Waals surface area contributed by atoms with Crippen molar-refractivity contribution in [3.63, 3.8) is 0 Å². The third-order valence-corrected chi connectivity index (χ3v) is 10.3. The average Bonchev–Trinajstić information content (AvgIpc) is 3.09. The second-order valence-corrected chi connectivity index (χ2v) is 13.4. The number of ether oxygens (including phenoxy) is 1. The summed E-state index contributed by atoms with van der Waals surface area (Å²) in [7, 11) is -1.86. The molecule has 0 amide bonds. The number of nitrogens with two attached hydrogens (primary N) is 1. The van der Waals surface area contributed by atoms with Gasteiger partial charge in [-0.1, -0.05) is 27.7 Å². The molecule has 2 N–H and O–H groups in total. The first-order valence-corrected chi connectivity index (χ1v) is 12.2. The molecule has 2 aromatic heterocycles. The number of aromatic nitrogens is 4. The second-order valence-electron chi connectivity index (χ2n) is 8.68. The molecular weight excluding hydrogens is 346 g/mol. The standard InChI is InChI=1S/C18H31N5O2Si/c1-8-12-13(25-26(6,7)18(3,4)5)9-14(24-12)23-10-20-15-11(2)21-17(19)22-16(15)23/h10,12-14H,8-9H2,1-7H3,(H2,19,21,22)/t12-,13?,14-/m1/s1. The summed E-state index contributed by atoms with van der Waals surface area (Å²) in [5, 5.41) is 0.171. The summed E-state index contributed by atoms with van der Waals surface area (Å²) in [6.45, 7) is 15.4. The quantitative estimate of drug-likeness (QED) is 0.815. The van der Waals surface area contributed by atoms with Crippen molar-refractivity contribution < 1.29 is 9.16 Å². The Morgan fingerprint density at radius 3 is 2.65 bits per heavy atom. The summed E-state index contributed by atoms with van der Waals surface area (Å²) in [6.07, 6.45) is 3.50. The van der Waals surface area contributed by atoms with Crippen molar-refractivity contribution in [2.24, 2.45) is 0 Å². The van der Waals surface area contributed by atoms with Gasteiger partial charge in [-0.3, -0.25) is 4.57 Å². The molecule has 144 valence electrons. The first-order chi connectivity index (χ1) is 12.0. The fourth-order valence-corrected chi connectivity index (χ4v) is 4.56. The molecule has 0 bridgehead atoms. The topological polar surface area (TPSA) is 88.1 Å². The number of anilines is 1. The zero-order chi connectivity index (χ0) is 19.3. The average molecular weight is 378 g/mol. The van der Waals surface area contributed by atoms with Crippen LogP contribution in [-0.4, -0.2) is 40.0 Å². The van der Waals surface area contributed by atoms with Gasteiger partial charge in [0.2, 0.25) is 5.95 Å². The Hall–Kier alpha value is -1.51. The van der Waals surface area contributed by atoms with Gasteiger partial charge in [-0.05, 0) is 31.5 Å². The molecule has 1 aliphatic heterocycles. The molecule has 0 aromatic carbocycles. The first kappa shape index (κ1) is 19.3. The lowest BCUT2D eigenvalue weighted by atomic mass is 10.1. The van der Waals surface area contributed by atoms with Gasteiger partial charge in [0.25, 0.3) is 0 Å². The summed E-state index contributed by atoms with van der Waals surface area (Å²) in [6, 6.07) is 0. The van der Waals surface area contributed by atoms with E-state index in [0.29, 0.717) is 0 Å². The Morgan fingerprint density at radius 2 is 2.04 bits per heavy atom. The molecule has 0 radical (unpaired) electrons. The molecular formula is C18H31N5O2Si. The minimum absolute atomic E-state index is 0.0758. The third-order valence-electron chi connectivity index (χ3n) is 5.76.